The minimum Gasteiger partial charge on any atom is -0.497 e. The third-order valence-electron chi connectivity index (χ3n) is 5.92. The standard InChI is InChI=1S/C23H27FN4O3S2/c1-15-10-19(22(24)23(25-2)21(15)17-8-9-26-11-17)33(29,30)28(20-13-32-14-27-20)12-16-4-6-18(31-3)7-5-16/h4-7,10,13-14,17,25-26H,8-9,11-12H2,1-3H3. The van der Waals surface area contributed by atoms with Crippen molar-refractivity contribution in [3.8, 4) is 5.75 Å². The number of aryl methyl sites for hydroxylation is 1. The quantitative estimate of drug-likeness (QED) is 0.494. The number of anilines is 2. The number of nitrogens with one attached hydrogen (secondary N) is 2. The number of rotatable bonds is 8. The van der Waals surface area contributed by atoms with Crippen molar-refractivity contribution in [1.29, 1.82) is 0 Å². The van der Waals surface area contributed by atoms with E-state index in [1.54, 1.807) is 49.3 Å². The van der Waals surface area contributed by atoms with Gasteiger partial charge in [0.15, 0.2) is 11.6 Å². The van der Waals surface area contributed by atoms with Crippen LogP contribution >= 0.6 is 11.3 Å². The molecule has 0 amide bonds. The normalized spacial score (nSPS) is 16.1. The summed E-state index contributed by atoms with van der Waals surface area (Å²) in [5, 5.41) is 7.85. The lowest BCUT2D eigenvalue weighted by Crippen LogP contribution is -2.32. The molecule has 176 valence electrons. The summed E-state index contributed by atoms with van der Waals surface area (Å²) >= 11 is 1.28. The predicted molar refractivity (Wildman–Crippen MR) is 129 cm³/mol. The summed E-state index contributed by atoms with van der Waals surface area (Å²) in [5.41, 5.74) is 4.10. The molecule has 0 bridgehead atoms. The van der Waals surface area contributed by atoms with E-state index in [4.69, 9.17) is 4.74 Å². The molecule has 1 fully saturated rings. The molecule has 1 aliphatic rings. The largest absolute Gasteiger partial charge is 0.497 e. The molecule has 7 nitrogen and oxygen atoms in total. The van der Waals surface area contributed by atoms with Gasteiger partial charge in [0, 0.05) is 19.0 Å². The molecule has 2 N–H and O–H groups in total. The lowest BCUT2D eigenvalue weighted by molar-refractivity contribution is 0.414. The van der Waals surface area contributed by atoms with Crippen molar-refractivity contribution in [1.82, 2.24) is 10.3 Å². The molecule has 0 aliphatic carbocycles. The number of methoxy groups -OCH3 is 1. The van der Waals surface area contributed by atoms with Crippen LogP contribution in [0.2, 0.25) is 0 Å². The highest BCUT2D eigenvalue weighted by Gasteiger charge is 2.33. The van der Waals surface area contributed by atoms with Crippen LogP contribution in [0.15, 0.2) is 46.1 Å². The first kappa shape index (κ1) is 23.5. The fraction of sp³-hybridized carbons (Fsp3) is 0.348. The fourth-order valence-electron chi connectivity index (χ4n) is 4.27. The van der Waals surface area contributed by atoms with Crippen LogP contribution in [-0.2, 0) is 16.6 Å². The molecule has 0 saturated carbocycles. The van der Waals surface area contributed by atoms with Crippen molar-refractivity contribution in [2.75, 3.05) is 36.9 Å². The first-order chi connectivity index (χ1) is 15.9. The van der Waals surface area contributed by atoms with E-state index in [1.165, 1.54) is 17.4 Å². The lowest BCUT2D eigenvalue weighted by Gasteiger charge is -2.25. The third kappa shape index (κ3) is 4.55. The van der Waals surface area contributed by atoms with Crippen LogP contribution in [0.25, 0.3) is 0 Å². The van der Waals surface area contributed by atoms with E-state index in [-0.39, 0.29) is 28.9 Å². The van der Waals surface area contributed by atoms with E-state index in [2.05, 4.69) is 15.6 Å². The summed E-state index contributed by atoms with van der Waals surface area (Å²) < 4.78 is 49.8. The molecule has 1 atom stereocenters. The molecule has 1 saturated heterocycles. The summed E-state index contributed by atoms with van der Waals surface area (Å²) in [4.78, 5) is 3.85. The van der Waals surface area contributed by atoms with E-state index in [0.29, 0.717) is 5.75 Å². The molecule has 1 aliphatic heterocycles. The number of benzene rings is 2. The maximum absolute atomic E-state index is 15.8. The number of nitrogens with zero attached hydrogens (tertiary/aromatic N) is 2. The topological polar surface area (TPSA) is 83.6 Å². The van der Waals surface area contributed by atoms with Crippen LogP contribution in [0.3, 0.4) is 0 Å². The smallest absolute Gasteiger partial charge is 0.268 e. The number of aromatic nitrogens is 1. The molecular formula is C23H27FN4O3S2. The minimum absolute atomic E-state index is 0.0116. The molecule has 1 unspecified atom stereocenters. The van der Waals surface area contributed by atoms with Crippen molar-refractivity contribution in [2.45, 2.75) is 30.7 Å². The summed E-state index contributed by atoms with van der Waals surface area (Å²) in [6.45, 7) is 3.44. The average molecular weight is 491 g/mol. The number of hydrogen-bond donors (Lipinski definition) is 2. The van der Waals surface area contributed by atoms with E-state index >= 15 is 4.39 Å². The number of hydrogen-bond acceptors (Lipinski definition) is 7. The van der Waals surface area contributed by atoms with Gasteiger partial charge in [0.2, 0.25) is 0 Å². The van der Waals surface area contributed by atoms with Gasteiger partial charge in [0.05, 0.1) is 24.9 Å². The van der Waals surface area contributed by atoms with Gasteiger partial charge in [0.1, 0.15) is 10.6 Å². The highest BCUT2D eigenvalue weighted by atomic mass is 32.2. The Morgan fingerprint density at radius 1 is 1.33 bits per heavy atom. The van der Waals surface area contributed by atoms with Gasteiger partial charge < -0.3 is 15.4 Å². The van der Waals surface area contributed by atoms with Gasteiger partial charge in [-0.05, 0) is 60.7 Å². The lowest BCUT2D eigenvalue weighted by atomic mass is 9.92. The Balaban J connectivity index is 1.80. The van der Waals surface area contributed by atoms with Gasteiger partial charge in [-0.2, -0.15) is 0 Å². The zero-order valence-electron chi connectivity index (χ0n) is 18.8. The maximum Gasteiger partial charge on any atom is 0.268 e. The van der Waals surface area contributed by atoms with Crippen LogP contribution in [0.1, 0.15) is 29.0 Å². The Labute approximate surface area is 197 Å². The molecule has 33 heavy (non-hydrogen) atoms. The van der Waals surface area contributed by atoms with Crippen LogP contribution in [0.5, 0.6) is 5.75 Å². The van der Waals surface area contributed by atoms with E-state index in [1.807, 2.05) is 6.92 Å². The second-order valence-corrected chi connectivity index (χ2v) is 10.5. The maximum atomic E-state index is 15.8. The third-order valence-corrected chi connectivity index (χ3v) is 8.25. The summed E-state index contributed by atoms with van der Waals surface area (Å²) in [7, 11) is -1.06. The highest BCUT2D eigenvalue weighted by molar-refractivity contribution is 7.92. The van der Waals surface area contributed by atoms with E-state index < -0.39 is 15.8 Å². The Bertz CT molecular complexity index is 1210. The molecule has 2 aromatic carbocycles. The zero-order valence-corrected chi connectivity index (χ0v) is 20.4. The Kier molecular flexibility index (Phi) is 6.87. The van der Waals surface area contributed by atoms with Crippen LogP contribution in [-0.4, -0.2) is 40.6 Å². The molecule has 10 heteroatoms. The van der Waals surface area contributed by atoms with Crippen LogP contribution in [0, 0.1) is 12.7 Å². The summed E-state index contributed by atoms with van der Waals surface area (Å²) in [6.07, 6.45) is 0.878. The Hall–Kier alpha value is -2.69. The SMILES string of the molecule is CNc1c(F)c(S(=O)(=O)N(Cc2ccc(OC)cc2)c2cscn2)cc(C)c1C1CCNC1. The molecule has 0 radical (unpaired) electrons. The first-order valence-electron chi connectivity index (χ1n) is 10.6. The van der Waals surface area contributed by atoms with Crippen molar-refractivity contribution in [2.24, 2.45) is 0 Å². The Morgan fingerprint density at radius 3 is 2.67 bits per heavy atom. The van der Waals surface area contributed by atoms with Crippen LogP contribution in [0.4, 0.5) is 15.9 Å². The fourth-order valence-corrected chi connectivity index (χ4v) is 6.43. The first-order valence-corrected chi connectivity index (χ1v) is 13.0. The van der Waals surface area contributed by atoms with Crippen LogP contribution < -0.4 is 19.7 Å². The van der Waals surface area contributed by atoms with E-state index in [0.717, 1.165) is 40.5 Å². The van der Waals surface area contributed by atoms with Gasteiger partial charge >= 0.3 is 0 Å². The summed E-state index contributed by atoms with van der Waals surface area (Å²) in [6, 6.07) is 8.53. The van der Waals surface area contributed by atoms with E-state index in [9.17, 15) is 8.42 Å². The van der Waals surface area contributed by atoms with Gasteiger partial charge in [-0.15, -0.1) is 11.3 Å². The second kappa shape index (κ2) is 9.66. The van der Waals surface area contributed by atoms with Crippen molar-refractivity contribution in [3.63, 3.8) is 0 Å². The Morgan fingerprint density at radius 2 is 2.09 bits per heavy atom. The summed E-state index contributed by atoms with van der Waals surface area (Å²) in [5.74, 6) is 0.287. The molecule has 2 heterocycles. The van der Waals surface area contributed by atoms with Gasteiger partial charge in [-0.3, -0.25) is 0 Å². The minimum atomic E-state index is -4.25. The van der Waals surface area contributed by atoms with Crippen molar-refractivity contribution >= 4 is 32.9 Å². The highest BCUT2D eigenvalue weighted by Crippen LogP contribution is 2.38. The number of halogens is 1. The second-order valence-electron chi connectivity index (χ2n) is 7.94. The molecule has 0 spiro atoms. The predicted octanol–water partition coefficient (Wildman–Crippen LogP) is 4.11. The van der Waals surface area contributed by atoms with Gasteiger partial charge in [0.25, 0.3) is 10.0 Å². The number of sulfonamides is 1. The number of ether oxygens (including phenoxy) is 1. The monoisotopic (exact) mass is 490 g/mol. The number of thiazole rings is 1. The van der Waals surface area contributed by atoms with Crippen molar-refractivity contribution in [3.05, 3.63) is 63.7 Å². The molecule has 4 rings (SSSR count). The molecule has 1 aromatic heterocycles. The van der Waals surface area contributed by atoms with Crippen molar-refractivity contribution < 1.29 is 17.5 Å². The molecule has 3 aromatic rings. The van der Waals surface area contributed by atoms with Gasteiger partial charge in [-0.25, -0.2) is 22.1 Å². The average Bonchev–Trinajstić information content (AvgIpc) is 3.53. The van der Waals surface area contributed by atoms with Gasteiger partial charge in [-0.1, -0.05) is 12.1 Å². The zero-order chi connectivity index (χ0) is 23.6. The molecular weight excluding hydrogens is 463 g/mol.